The predicted molar refractivity (Wildman–Crippen MR) is 126 cm³/mol. The van der Waals surface area contributed by atoms with E-state index in [1.807, 2.05) is 13.8 Å². The topological polar surface area (TPSA) is 85.3 Å². The Balaban J connectivity index is 2.19. The number of halogens is 2. The molecule has 1 heterocycles. The lowest BCUT2D eigenvalue weighted by molar-refractivity contribution is -0.140. The average Bonchev–Trinajstić information content (AvgIpc) is 3.01. The van der Waals surface area contributed by atoms with Gasteiger partial charge in [-0.1, -0.05) is 35.3 Å². The van der Waals surface area contributed by atoms with Gasteiger partial charge in [-0.05, 0) is 43.7 Å². The van der Waals surface area contributed by atoms with Crippen molar-refractivity contribution in [2.75, 3.05) is 27.4 Å². The first-order valence-electron chi connectivity index (χ1n) is 10.3. The van der Waals surface area contributed by atoms with Crippen molar-refractivity contribution in [3.05, 3.63) is 63.1 Å². The summed E-state index contributed by atoms with van der Waals surface area (Å²) in [4.78, 5) is 27.3. The molecule has 1 saturated heterocycles. The predicted octanol–water partition coefficient (Wildman–Crippen LogP) is 4.86. The maximum Gasteiger partial charge on any atom is 0.295 e. The van der Waals surface area contributed by atoms with Gasteiger partial charge in [0.25, 0.3) is 11.7 Å². The van der Waals surface area contributed by atoms with Crippen LogP contribution in [0.4, 0.5) is 0 Å². The fourth-order valence-electron chi connectivity index (χ4n) is 3.72. The molecule has 0 bridgehead atoms. The standard InChI is InChI=1S/C24H25Cl2NO6/c1-13(2)33-16-7-5-6-14(10-16)20-19(22(29)24(30)27(20)8-9-31-3)21(28)15-11-17(25)23(32-4)18(26)12-15/h5-7,10-13,20,28H,8-9H2,1-4H3/b21-19+. The van der Waals surface area contributed by atoms with E-state index in [0.29, 0.717) is 11.3 Å². The van der Waals surface area contributed by atoms with E-state index in [1.165, 1.54) is 31.3 Å². The van der Waals surface area contributed by atoms with Crippen LogP contribution in [0.3, 0.4) is 0 Å². The molecule has 2 aromatic rings. The van der Waals surface area contributed by atoms with Crippen LogP contribution < -0.4 is 9.47 Å². The van der Waals surface area contributed by atoms with Gasteiger partial charge in [0.2, 0.25) is 0 Å². The molecule has 0 aromatic heterocycles. The smallest absolute Gasteiger partial charge is 0.295 e. The van der Waals surface area contributed by atoms with E-state index in [2.05, 4.69) is 0 Å². The number of carbonyl (C=O) groups excluding carboxylic acids is 2. The molecule has 0 radical (unpaired) electrons. The molecule has 0 spiro atoms. The number of aliphatic hydroxyl groups is 1. The van der Waals surface area contributed by atoms with Crippen LogP contribution in [-0.2, 0) is 14.3 Å². The quantitative estimate of drug-likeness (QED) is 0.321. The zero-order valence-electron chi connectivity index (χ0n) is 18.7. The van der Waals surface area contributed by atoms with Crippen molar-refractivity contribution in [1.82, 2.24) is 4.90 Å². The zero-order chi connectivity index (χ0) is 24.3. The summed E-state index contributed by atoms with van der Waals surface area (Å²) in [7, 11) is 2.92. The van der Waals surface area contributed by atoms with Crippen molar-refractivity contribution in [2.24, 2.45) is 0 Å². The Morgan fingerprint density at radius 1 is 1.12 bits per heavy atom. The molecule has 3 rings (SSSR count). The first-order chi connectivity index (χ1) is 15.7. The Morgan fingerprint density at radius 3 is 2.36 bits per heavy atom. The van der Waals surface area contributed by atoms with Crippen molar-refractivity contribution in [3.63, 3.8) is 0 Å². The van der Waals surface area contributed by atoms with Gasteiger partial charge in [-0.25, -0.2) is 0 Å². The summed E-state index contributed by atoms with van der Waals surface area (Å²) < 4.78 is 16.1. The highest BCUT2D eigenvalue weighted by atomic mass is 35.5. The lowest BCUT2D eigenvalue weighted by atomic mass is 9.95. The van der Waals surface area contributed by atoms with Gasteiger partial charge in [-0.3, -0.25) is 9.59 Å². The van der Waals surface area contributed by atoms with Gasteiger partial charge >= 0.3 is 0 Å². The van der Waals surface area contributed by atoms with Gasteiger partial charge in [0, 0.05) is 19.2 Å². The molecule has 2 aromatic carbocycles. The summed E-state index contributed by atoms with van der Waals surface area (Å²) in [6.45, 7) is 4.16. The first-order valence-corrected chi connectivity index (χ1v) is 11.0. The Labute approximate surface area is 202 Å². The fraction of sp³-hybridized carbons (Fsp3) is 0.333. The average molecular weight is 494 g/mol. The Morgan fingerprint density at radius 2 is 1.79 bits per heavy atom. The van der Waals surface area contributed by atoms with E-state index in [-0.39, 0.29) is 51.9 Å². The number of ether oxygens (including phenoxy) is 3. The largest absolute Gasteiger partial charge is 0.507 e. The molecule has 1 N–H and O–H groups in total. The van der Waals surface area contributed by atoms with E-state index in [1.54, 1.807) is 24.3 Å². The second-order valence-corrected chi connectivity index (χ2v) is 8.51. The van der Waals surface area contributed by atoms with E-state index in [0.717, 1.165) is 0 Å². The van der Waals surface area contributed by atoms with Crippen LogP contribution in [-0.4, -0.2) is 55.2 Å². The molecule has 0 saturated carbocycles. The third kappa shape index (κ3) is 5.11. The van der Waals surface area contributed by atoms with Crippen LogP contribution in [0.5, 0.6) is 11.5 Å². The molecule has 33 heavy (non-hydrogen) atoms. The van der Waals surface area contributed by atoms with Gasteiger partial charge in [0.05, 0.1) is 41.5 Å². The monoisotopic (exact) mass is 493 g/mol. The van der Waals surface area contributed by atoms with Crippen molar-refractivity contribution >= 4 is 40.7 Å². The van der Waals surface area contributed by atoms with Crippen LogP contribution in [0, 0.1) is 0 Å². The van der Waals surface area contributed by atoms with Gasteiger partial charge in [-0.15, -0.1) is 0 Å². The van der Waals surface area contributed by atoms with Gasteiger partial charge in [0.1, 0.15) is 11.5 Å². The molecular weight excluding hydrogens is 469 g/mol. The number of likely N-dealkylation sites (tertiary alicyclic amines) is 1. The van der Waals surface area contributed by atoms with Gasteiger partial charge in [-0.2, -0.15) is 0 Å². The maximum absolute atomic E-state index is 13.1. The molecule has 1 unspecified atom stereocenters. The van der Waals surface area contributed by atoms with Crippen LogP contribution >= 0.6 is 23.2 Å². The maximum atomic E-state index is 13.1. The molecule has 1 aliphatic heterocycles. The number of carbonyl (C=O) groups is 2. The number of amides is 1. The van der Waals surface area contributed by atoms with Crippen LogP contribution in [0.15, 0.2) is 42.0 Å². The molecule has 1 fully saturated rings. The van der Waals surface area contributed by atoms with Crippen LogP contribution in [0.2, 0.25) is 10.0 Å². The van der Waals surface area contributed by atoms with Crippen molar-refractivity contribution in [1.29, 1.82) is 0 Å². The van der Waals surface area contributed by atoms with E-state index < -0.39 is 17.7 Å². The van der Waals surface area contributed by atoms with Crippen LogP contribution in [0.25, 0.3) is 5.76 Å². The summed E-state index contributed by atoms with van der Waals surface area (Å²) in [5.74, 6) is -1.12. The van der Waals surface area contributed by atoms with Crippen molar-refractivity contribution in [3.8, 4) is 11.5 Å². The summed E-state index contributed by atoms with van der Waals surface area (Å²) >= 11 is 12.5. The molecule has 1 atom stereocenters. The molecular formula is C24H25Cl2NO6. The van der Waals surface area contributed by atoms with Crippen LogP contribution in [0.1, 0.15) is 31.0 Å². The Kier molecular flexibility index (Phi) is 7.89. The molecule has 7 nitrogen and oxygen atoms in total. The molecule has 176 valence electrons. The third-order valence-electron chi connectivity index (χ3n) is 5.10. The van der Waals surface area contributed by atoms with Crippen molar-refractivity contribution < 1.29 is 28.9 Å². The second-order valence-electron chi connectivity index (χ2n) is 7.70. The summed E-state index contributed by atoms with van der Waals surface area (Å²) in [6, 6.07) is 9.08. The Hall–Kier alpha value is -2.74. The third-order valence-corrected chi connectivity index (χ3v) is 5.66. The second kappa shape index (κ2) is 10.5. The SMILES string of the molecule is COCCN1C(=O)C(=O)/C(=C(/O)c2cc(Cl)c(OC)c(Cl)c2)C1c1cccc(OC(C)C)c1. The number of Topliss-reactive ketones (excluding diaryl/α,β-unsaturated/α-hetero) is 1. The minimum atomic E-state index is -0.851. The van der Waals surface area contributed by atoms with E-state index in [4.69, 9.17) is 37.4 Å². The number of benzene rings is 2. The number of aliphatic hydroxyl groups excluding tert-OH is 1. The first kappa shape index (κ1) is 24.9. The highest BCUT2D eigenvalue weighted by molar-refractivity contribution is 6.46. The Bertz CT molecular complexity index is 1080. The molecule has 1 amide bonds. The number of methoxy groups -OCH3 is 2. The normalized spacial score (nSPS) is 17.7. The molecule has 0 aliphatic carbocycles. The van der Waals surface area contributed by atoms with Crippen molar-refractivity contribution in [2.45, 2.75) is 26.0 Å². The zero-order valence-corrected chi connectivity index (χ0v) is 20.2. The number of ketones is 1. The molecule has 9 heteroatoms. The van der Waals surface area contributed by atoms with E-state index >= 15 is 0 Å². The number of rotatable bonds is 8. The number of hydrogen-bond donors (Lipinski definition) is 1. The number of hydrogen-bond acceptors (Lipinski definition) is 6. The highest BCUT2D eigenvalue weighted by Gasteiger charge is 2.46. The molecule has 1 aliphatic rings. The lowest BCUT2D eigenvalue weighted by Crippen LogP contribution is -2.32. The summed E-state index contributed by atoms with van der Waals surface area (Å²) in [5.41, 5.74) is 0.723. The van der Waals surface area contributed by atoms with Gasteiger partial charge in [0.15, 0.2) is 5.75 Å². The lowest BCUT2D eigenvalue weighted by Gasteiger charge is -2.25. The highest BCUT2D eigenvalue weighted by Crippen LogP contribution is 2.42. The summed E-state index contributed by atoms with van der Waals surface area (Å²) in [6.07, 6.45) is -0.0660. The summed E-state index contributed by atoms with van der Waals surface area (Å²) in [5, 5.41) is 11.5. The number of nitrogens with zero attached hydrogens (tertiary/aromatic N) is 1. The van der Waals surface area contributed by atoms with Gasteiger partial charge < -0.3 is 24.2 Å². The fourth-order valence-corrected chi connectivity index (χ4v) is 4.37. The van der Waals surface area contributed by atoms with E-state index in [9.17, 15) is 14.7 Å². The minimum absolute atomic E-state index is 0.0660. The minimum Gasteiger partial charge on any atom is -0.507 e.